The fraction of sp³-hybridized carbons (Fsp3) is 0.250. The number of rotatable bonds is 6. The highest BCUT2D eigenvalue weighted by Crippen LogP contribution is 2.22. The SMILES string of the molecule is O=S(=O)(Nc1c(F)cccc1F)c1cnn(CCCO)c1. The average Bonchev–Trinajstić information content (AvgIpc) is 2.90. The Labute approximate surface area is 120 Å². The van der Waals surface area contributed by atoms with Gasteiger partial charge in [0, 0.05) is 19.3 Å². The number of benzene rings is 1. The maximum absolute atomic E-state index is 13.5. The van der Waals surface area contributed by atoms with E-state index in [-0.39, 0.29) is 11.5 Å². The number of aromatic nitrogens is 2. The Hall–Kier alpha value is -2.00. The number of nitrogens with zero attached hydrogens (tertiary/aromatic N) is 2. The molecule has 0 aliphatic heterocycles. The van der Waals surface area contributed by atoms with Gasteiger partial charge >= 0.3 is 0 Å². The van der Waals surface area contributed by atoms with Gasteiger partial charge in [0.25, 0.3) is 10.0 Å². The van der Waals surface area contributed by atoms with Crippen molar-refractivity contribution in [2.24, 2.45) is 0 Å². The summed E-state index contributed by atoms with van der Waals surface area (Å²) in [5, 5.41) is 12.5. The molecule has 114 valence electrons. The molecule has 2 rings (SSSR count). The molecule has 0 atom stereocenters. The summed E-state index contributed by atoms with van der Waals surface area (Å²) >= 11 is 0. The second kappa shape index (κ2) is 6.19. The zero-order chi connectivity index (χ0) is 15.5. The number of aryl methyl sites for hydroxylation is 1. The Bertz CT molecular complexity index is 711. The molecule has 0 saturated carbocycles. The Morgan fingerprint density at radius 1 is 1.29 bits per heavy atom. The van der Waals surface area contributed by atoms with Crippen LogP contribution in [0.2, 0.25) is 0 Å². The van der Waals surface area contributed by atoms with Gasteiger partial charge in [-0.1, -0.05) is 6.07 Å². The number of halogens is 2. The highest BCUT2D eigenvalue weighted by atomic mass is 32.2. The first kappa shape index (κ1) is 15.4. The zero-order valence-electron chi connectivity index (χ0n) is 10.8. The van der Waals surface area contributed by atoms with Gasteiger partial charge in [-0.25, -0.2) is 17.2 Å². The molecule has 6 nitrogen and oxygen atoms in total. The van der Waals surface area contributed by atoms with E-state index in [1.54, 1.807) is 0 Å². The van der Waals surface area contributed by atoms with E-state index in [0.29, 0.717) is 13.0 Å². The Morgan fingerprint density at radius 3 is 2.57 bits per heavy atom. The topological polar surface area (TPSA) is 84.2 Å². The molecule has 2 aromatic rings. The molecule has 0 radical (unpaired) electrons. The maximum Gasteiger partial charge on any atom is 0.265 e. The molecule has 1 aromatic heterocycles. The van der Waals surface area contributed by atoms with Gasteiger partial charge in [-0.3, -0.25) is 9.40 Å². The van der Waals surface area contributed by atoms with E-state index >= 15 is 0 Å². The van der Waals surface area contributed by atoms with Crippen LogP contribution >= 0.6 is 0 Å². The Kier molecular flexibility index (Phi) is 4.53. The molecular formula is C12H13F2N3O3S. The van der Waals surface area contributed by atoms with Crippen LogP contribution in [0.4, 0.5) is 14.5 Å². The van der Waals surface area contributed by atoms with E-state index in [2.05, 4.69) is 5.10 Å². The predicted molar refractivity (Wildman–Crippen MR) is 71.1 cm³/mol. The summed E-state index contributed by atoms with van der Waals surface area (Å²) in [7, 11) is -4.14. The summed E-state index contributed by atoms with van der Waals surface area (Å²) in [5.41, 5.74) is -0.736. The summed E-state index contributed by atoms with van der Waals surface area (Å²) in [5.74, 6) is -2.02. The lowest BCUT2D eigenvalue weighted by Gasteiger charge is -2.08. The average molecular weight is 317 g/mol. The number of anilines is 1. The van der Waals surface area contributed by atoms with Crippen molar-refractivity contribution in [1.82, 2.24) is 9.78 Å². The second-order valence-corrected chi connectivity index (χ2v) is 5.90. The molecule has 0 saturated heterocycles. The van der Waals surface area contributed by atoms with Crippen molar-refractivity contribution >= 4 is 15.7 Å². The lowest BCUT2D eigenvalue weighted by atomic mass is 10.3. The lowest BCUT2D eigenvalue weighted by molar-refractivity contribution is 0.277. The summed E-state index contributed by atoms with van der Waals surface area (Å²) in [6.07, 6.45) is 2.70. The molecule has 0 unspecified atom stereocenters. The van der Waals surface area contributed by atoms with Gasteiger partial charge in [-0.2, -0.15) is 5.10 Å². The van der Waals surface area contributed by atoms with Crippen LogP contribution in [0.25, 0.3) is 0 Å². The number of aliphatic hydroxyl groups is 1. The minimum Gasteiger partial charge on any atom is -0.396 e. The number of sulfonamides is 1. The van der Waals surface area contributed by atoms with Crippen molar-refractivity contribution in [3.8, 4) is 0 Å². The van der Waals surface area contributed by atoms with Crippen LogP contribution in [0, 0.1) is 11.6 Å². The minimum atomic E-state index is -4.14. The van der Waals surface area contributed by atoms with Crippen LogP contribution in [-0.4, -0.2) is 29.9 Å². The third kappa shape index (κ3) is 3.56. The van der Waals surface area contributed by atoms with E-state index in [9.17, 15) is 17.2 Å². The minimum absolute atomic E-state index is 0.0549. The molecule has 1 heterocycles. The number of aliphatic hydroxyl groups excluding tert-OH is 1. The second-order valence-electron chi connectivity index (χ2n) is 4.22. The number of nitrogens with one attached hydrogen (secondary N) is 1. The van der Waals surface area contributed by atoms with Gasteiger partial charge in [-0.05, 0) is 18.6 Å². The number of hydrogen-bond donors (Lipinski definition) is 2. The molecule has 2 N–H and O–H groups in total. The molecule has 0 bridgehead atoms. The predicted octanol–water partition coefficient (Wildman–Crippen LogP) is 1.34. The maximum atomic E-state index is 13.5. The molecular weight excluding hydrogens is 304 g/mol. The van der Waals surface area contributed by atoms with Crippen molar-refractivity contribution in [3.63, 3.8) is 0 Å². The molecule has 21 heavy (non-hydrogen) atoms. The van der Waals surface area contributed by atoms with Gasteiger partial charge in [0.15, 0.2) is 0 Å². The van der Waals surface area contributed by atoms with Crippen LogP contribution in [0.5, 0.6) is 0 Å². The number of para-hydroxylation sites is 1. The Balaban J connectivity index is 2.24. The lowest BCUT2D eigenvalue weighted by Crippen LogP contribution is -2.14. The summed E-state index contributed by atoms with van der Waals surface area (Å²) in [6, 6.07) is 3.03. The van der Waals surface area contributed by atoms with Gasteiger partial charge in [-0.15, -0.1) is 0 Å². The molecule has 0 aliphatic rings. The van der Waals surface area contributed by atoms with Crippen molar-refractivity contribution in [2.75, 3.05) is 11.3 Å². The van der Waals surface area contributed by atoms with Gasteiger partial charge < -0.3 is 5.11 Å². The van der Waals surface area contributed by atoms with E-state index in [4.69, 9.17) is 5.11 Å². The standard InChI is InChI=1S/C12H13F2N3O3S/c13-10-3-1-4-11(14)12(10)16-21(19,20)9-7-15-17(8-9)5-2-6-18/h1,3-4,7-8,16,18H,2,5-6H2. The highest BCUT2D eigenvalue weighted by molar-refractivity contribution is 7.92. The fourth-order valence-electron chi connectivity index (χ4n) is 1.63. The summed E-state index contributed by atoms with van der Waals surface area (Å²) < 4.78 is 54.2. The van der Waals surface area contributed by atoms with Crippen molar-refractivity contribution in [2.45, 2.75) is 17.9 Å². The quantitative estimate of drug-likeness (QED) is 0.842. The highest BCUT2D eigenvalue weighted by Gasteiger charge is 2.20. The van der Waals surface area contributed by atoms with Crippen molar-refractivity contribution in [3.05, 3.63) is 42.2 Å². The first-order chi connectivity index (χ1) is 9.94. The molecule has 9 heteroatoms. The molecule has 0 aliphatic carbocycles. The van der Waals surface area contributed by atoms with E-state index in [1.807, 2.05) is 4.72 Å². The number of hydrogen-bond acceptors (Lipinski definition) is 4. The van der Waals surface area contributed by atoms with Crippen molar-refractivity contribution in [1.29, 1.82) is 0 Å². The molecule has 0 fully saturated rings. The largest absolute Gasteiger partial charge is 0.396 e. The van der Waals surface area contributed by atoms with E-state index in [0.717, 1.165) is 24.4 Å². The van der Waals surface area contributed by atoms with Crippen molar-refractivity contribution < 1.29 is 22.3 Å². The van der Waals surface area contributed by atoms with Crippen LogP contribution in [0.3, 0.4) is 0 Å². The molecule has 0 spiro atoms. The normalized spacial score (nSPS) is 11.6. The summed E-state index contributed by atoms with van der Waals surface area (Å²) in [6.45, 7) is 0.278. The van der Waals surface area contributed by atoms with E-state index in [1.165, 1.54) is 10.9 Å². The van der Waals surface area contributed by atoms with Crippen LogP contribution in [0.15, 0.2) is 35.5 Å². The third-order valence-corrected chi connectivity index (χ3v) is 3.97. The summed E-state index contributed by atoms with van der Waals surface area (Å²) in [4.78, 5) is -0.219. The van der Waals surface area contributed by atoms with Crippen LogP contribution in [0.1, 0.15) is 6.42 Å². The molecule has 0 amide bonds. The van der Waals surface area contributed by atoms with Crippen LogP contribution < -0.4 is 4.72 Å². The Morgan fingerprint density at radius 2 is 1.95 bits per heavy atom. The smallest absolute Gasteiger partial charge is 0.265 e. The van der Waals surface area contributed by atoms with E-state index < -0.39 is 27.3 Å². The first-order valence-electron chi connectivity index (χ1n) is 6.04. The first-order valence-corrected chi connectivity index (χ1v) is 7.52. The van der Waals surface area contributed by atoms with Gasteiger partial charge in [0.05, 0.1) is 6.20 Å². The van der Waals surface area contributed by atoms with Crippen LogP contribution in [-0.2, 0) is 16.6 Å². The van der Waals surface area contributed by atoms with Gasteiger partial charge in [0.1, 0.15) is 22.2 Å². The molecule has 1 aromatic carbocycles. The monoisotopic (exact) mass is 317 g/mol. The zero-order valence-corrected chi connectivity index (χ0v) is 11.6. The van der Waals surface area contributed by atoms with Gasteiger partial charge in [0.2, 0.25) is 0 Å². The fourth-order valence-corrected chi connectivity index (χ4v) is 2.65. The third-order valence-electron chi connectivity index (χ3n) is 2.66.